The highest BCUT2D eigenvalue weighted by Gasteiger charge is 2.18. The molecule has 3 rings (SSSR count). The van der Waals surface area contributed by atoms with E-state index >= 15 is 0 Å². The van der Waals surface area contributed by atoms with Gasteiger partial charge in [0.15, 0.2) is 0 Å². The Kier molecular flexibility index (Phi) is 4.61. The minimum atomic E-state index is 0. The number of hydrogen-bond donors (Lipinski definition) is 1. The van der Waals surface area contributed by atoms with Crippen LogP contribution in [-0.4, -0.2) is 31.2 Å². The topological polar surface area (TPSA) is 28.2 Å². The molecule has 1 fully saturated rings. The predicted molar refractivity (Wildman–Crippen MR) is 83.3 cm³/mol. The number of halogens is 1. The molecule has 2 aromatic rings. The summed E-state index contributed by atoms with van der Waals surface area (Å²) in [7, 11) is 2.16. The number of nitrogens with zero attached hydrogens (tertiary/aromatic N) is 2. The van der Waals surface area contributed by atoms with Gasteiger partial charge in [-0.1, -0.05) is 24.3 Å². The van der Waals surface area contributed by atoms with Crippen LogP contribution in [0.2, 0.25) is 0 Å². The van der Waals surface area contributed by atoms with Crippen LogP contribution < -0.4 is 10.2 Å². The Hall–Kier alpha value is -1.32. The largest absolute Gasteiger partial charge is 0.357 e. The van der Waals surface area contributed by atoms with Crippen LogP contribution in [0.3, 0.4) is 0 Å². The summed E-state index contributed by atoms with van der Waals surface area (Å²) in [5.41, 5.74) is 0. The van der Waals surface area contributed by atoms with E-state index in [-0.39, 0.29) is 12.4 Å². The van der Waals surface area contributed by atoms with E-state index < -0.39 is 0 Å². The summed E-state index contributed by atoms with van der Waals surface area (Å²) >= 11 is 0. The maximum atomic E-state index is 4.59. The van der Waals surface area contributed by atoms with E-state index in [1.165, 1.54) is 23.6 Å². The van der Waals surface area contributed by atoms with Crippen LogP contribution in [0, 0.1) is 0 Å². The molecule has 0 spiro atoms. The van der Waals surface area contributed by atoms with E-state index in [2.05, 4.69) is 52.6 Å². The van der Waals surface area contributed by atoms with Gasteiger partial charge in [-0.25, -0.2) is 4.98 Å². The fourth-order valence-electron chi connectivity index (χ4n) is 2.65. The quantitative estimate of drug-likeness (QED) is 0.915. The first kappa shape index (κ1) is 14.1. The van der Waals surface area contributed by atoms with Gasteiger partial charge in [0.2, 0.25) is 0 Å². The molecule has 0 amide bonds. The lowest BCUT2D eigenvalue weighted by molar-refractivity contribution is 0.442. The Morgan fingerprint density at radius 1 is 1.16 bits per heavy atom. The fourth-order valence-corrected chi connectivity index (χ4v) is 2.65. The summed E-state index contributed by atoms with van der Waals surface area (Å²) in [6, 6.07) is 11.2. The minimum absolute atomic E-state index is 0. The second-order valence-electron chi connectivity index (χ2n) is 4.98. The molecule has 0 unspecified atom stereocenters. The van der Waals surface area contributed by atoms with Crippen LogP contribution in [0.25, 0.3) is 10.8 Å². The summed E-state index contributed by atoms with van der Waals surface area (Å²) in [5, 5.41) is 5.88. The number of fused-ring (bicyclic) bond motifs is 1. The fraction of sp³-hybridized carbons (Fsp3) is 0.400. The van der Waals surface area contributed by atoms with Crippen molar-refractivity contribution in [1.29, 1.82) is 0 Å². The molecule has 19 heavy (non-hydrogen) atoms. The number of nitrogens with one attached hydrogen (secondary N) is 1. The third kappa shape index (κ3) is 2.99. The van der Waals surface area contributed by atoms with Gasteiger partial charge in [0.25, 0.3) is 0 Å². The average molecular weight is 278 g/mol. The third-order valence-corrected chi connectivity index (χ3v) is 3.83. The summed E-state index contributed by atoms with van der Waals surface area (Å²) in [4.78, 5) is 6.91. The molecular formula is C15H20ClN3. The molecule has 1 aromatic carbocycles. The van der Waals surface area contributed by atoms with Crippen LogP contribution in [0.5, 0.6) is 0 Å². The lowest BCUT2D eigenvalue weighted by Gasteiger charge is -2.32. The number of rotatable bonds is 2. The average Bonchev–Trinajstić information content (AvgIpc) is 2.47. The summed E-state index contributed by atoms with van der Waals surface area (Å²) in [5.74, 6) is 1.08. The van der Waals surface area contributed by atoms with E-state index in [1.807, 2.05) is 6.20 Å². The van der Waals surface area contributed by atoms with Crippen molar-refractivity contribution in [2.75, 3.05) is 25.0 Å². The van der Waals surface area contributed by atoms with Crippen LogP contribution in [0.15, 0.2) is 36.5 Å². The summed E-state index contributed by atoms with van der Waals surface area (Å²) in [6.45, 7) is 2.23. The minimum Gasteiger partial charge on any atom is -0.357 e. The van der Waals surface area contributed by atoms with E-state index in [4.69, 9.17) is 0 Å². The van der Waals surface area contributed by atoms with Gasteiger partial charge in [0, 0.05) is 24.7 Å². The second kappa shape index (κ2) is 6.22. The molecule has 2 heterocycles. The number of hydrogen-bond acceptors (Lipinski definition) is 3. The smallest absolute Gasteiger partial charge is 0.129 e. The molecular weight excluding hydrogens is 258 g/mol. The lowest BCUT2D eigenvalue weighted by atomic mass is 10.1. The summed E-state index contributed by atoms with van der Waals surface area (Å²) < 4.78 is 0. The number of piperidine rings is 1. The van der Waals surface area contributed by atoms with Crippen molar-refractivity contribution in [2.24, 2.45) is 0 Å². The monoisotopic (exact) mass is 277 g/mol. The molecule has 1 aliphatic heterocycles. The van der Waals surface area contributed by atoms with Crippen LogP contribution >= 0.6 is 12.4 Å². The number of pyridine rings is 1. The van der Waals surface area contributed by atoms with Crippen LogP contribution in [-0.2, 0) is 0 Å². The molecule has 3 nitrogen and oxygen atoms in total. The first-order valence-electron chi connectivity index (χ1n) is 6.63. The van der Waals surface area contributed by atoms with Crippen molar-refractivity contribution in [3.05, 3.63) is 36.5 Å². The van der Waals surface area contributed by atoms with Gasteiger partial charge in [-0.2, -0.15) is 0 Å². The SMILES string of the molecule is CN(c1cc2ccccc2cn1)C1CCNCC1.Cl. The normalized spacial score (nSPS) is 16.1. The Morgan fingerprint density at radius 3 is 2.58 bits per heavy atom. The lowest BCUT2D eigenvalue weighted by Crippen LogP contribution is -2.41. The van der Waals surface area contributed by atoms with Crippen molar-refractivity contribution in [1.82, 2.24) is 10.3 Å². The van der Waals surface area contributed by atoms with Gasteiger partial charge in [0.05, 0.1) is 0 Å². The molecule has 102 valence electrons. The third-order valence-electron chi connectivity index (χ3n) is 3.83. The number of benzene rings is 1. The van der Waals surface area contributed by atoms with Crippen molar-refractivity contribution in [3.8, 4) is 0 Å². The highest BCUT2D eigenvalue weighted by atomic mass is 35.5. The highest BCUT2D eigenvalue weighted by molar-refractivity contribution is 5.85. The van der Waals surface area contributed by atoms with Crippen molar-refractivity contribution < 1.29 is 0 Å². The molecule has 0 radical (unpaired) electrons. The van der Waals surface area contributed by atoms with Gasteiger partial charge in [-0.3, -0.25) is 0 Å². The Balaban J connectivity index is 0.00000133. The van der Waals surface area contributed by atoms with Gasteiger partial charge in [0.1, 0.15) is 5.82 Å². The molecule has 0 bridgehead atoms. The van der Waals surface area contributed by atoms with Crippen molar-refractivity contribution in [3.63, 3.8) is 0 Å². The number of aromatic nitrogens is 1. The molecule has 1 aliphatic rings. The Morgan fingerprint density at radius 2 is 1.84 bits per heavy atom. The van der Waals surface area contributed by atoms with Gasteiger partial charge >= 0.3 is 0 Å². The zero-order valence-corrected chi connectivity index (χ0v) is 12.0. The zero-order valence-electron chi connectivity index (χ0n) is 11.2. The van der Waals surface area contributed by atoms with Crippen LogP contribution in [0.4, 0.5) is 5.82 Å². The molecule has 1 saturated heterocycles. The van der Waals surface area contributed by atoms with Gasteiger partial charge in [-0.05, 0) is 37.4 Å². The Bertz CT molecular complexity index is 538. The summed E-state index contributed by atoms with van der Waals surface area (Å²) in [6.07, 6.45) is 4.37. The van der Waals surface area contributed by atoms with Gasteiger partial charge in [-0.15, -0.1) is 12.4 Å². The van der Waals surface area contributed by atoms with E-state index in [0.717, 1.165) is 18.9 Å². The maximum absolute atomic E-state index is 4.59. The molecule has 0 saturated carbocycles. The molecule has 1 aromatic heterocycles. The van der Waals surface area contributed by atoms with E-state index in [1.54, 1.807) is 0 Å². The second-order valence-corrected chi connectivity index (χ2v) is 4.98. The van der Waals surface area contributed by atoms with Gasteiger partial charge < -0.3 is 10.2 Å². The van der Waals surface area contributed by atoms with Crippen LogP contribution in [0.1, 0.15) is 12.8 Å². The zero-order chi connectivity index (χ0) is 12.4. The standard InChI is InChI=1S/C15H19N3.ClH/c1-18(14-6-8-16-9-7-14)15-10-12-4-2-3-5-13(12)11-17-15;/h2-5,10-11,14,16H,6-9H2,1H3;1H. The van der Waals surface area contributed by atoms with Crippen molar-refractivity contribution in [2.45, 2.75) is 18.9 Å². The first-order valence-corrected chi connectivity index (χ1v) is 6.63. The van der Waals surface area contributed by atoms with Crippen molar-refractivity contribution >= 4 is 29.0 Å². The Labute approximate surface area is 120 Å². The molecule has 0 atom stereocenters. The molecule has 0 aliphatic carbocycles. The molecule has 4 heteroatoms. The predicted octanol–water partition coefficient (Wildman–Crippen LogP) is 2.84. The van der Waals surface area contributed by atoms with E-state index in [9.17, 15) is 0 Å². The molecule has 1 N–H and O–H groups in total. The maximum Gasteiger partial charge on any atom is 0.129 e. The highest BCUT2D eigenvalue weighted by Crippen LogP contribution is 2.22. The van der Waals surface area contributed by atoms with E-state index in [0.29, 0.717) is 6.04 Å². The number of anilines is 1. The first-order chi connectivity index (χ1) is 8.84.